The predicted molar refractivity (Wildman–Crippen MR) is 120 cm³/mol. The summed E-state index contributed by atoms with van der Waals surface area (Å²) in [6, 6.07) is 0. The van der Waals surface area contributed by atoms with E-state index in [4.69, 9.17) is 0 Å². The highest BCUT2D eigenvalue weighted by Gasteiger charge is 2.02. The Hall–Kier alpha value is -0.570. The minimum absolute atomic E-state index is 0.244. The summed E-state index contributed by atoms with van der Waals surface area (Å²) in [4.78, 5) is 14.2. The molecule has 27 heavy (non-hydrogen) atoms. The second-order valence-corrected chi connectivity index (χ2v) is 8.08. The van der Waals surface area contributed by atoms with E-state index in [9.17, 15) is 4.79 Å². The van der Waals surface area contributed by atoms with Crippen LogP contribution in [0.25, 0.3) is 0 Å². The van der Waals surface area contributed by atoms with E-state index in [1.54, 1.807) is 0 Å². The van der Waals surface area contributed by atoms with Gasteiger partial charge < -0.3 is 10.2 Å². The van der Waals surface area contributed by atoms with Crippen molar-refractivity contribution in [3.63, 3.8) is 0 Å². The van der Waals surface area contributed by atoms with Gasteiger partial charge in [-0.3, -0.25) is 4.79 Å². The van der Waals surface area contributed by atoms with Crippen LogP contribution in [0.3, 0.4) is 0 Å². The van der Waals surface area contributed by atoms with Crippen molar-refractivity contribution in [1.29, 1.82) is 0 Å². The topological polar surface area (TPSA) is 32.3 Å². The fourth-order valence-corrected chi connectivity index (χ4v) is 3.64. The molecular weight excluding hydrogens is 332 g/mol. The SMILES string of the molecule is CCCCCCCCCCCCCCCCC(=O)NCCCN(CC)CC. The molecule has 3 heteroatoms. The van der Waals surface area contributed by atoms with Crippen molar-refractivity contribution >= 4 is 5.91 Å². The lowest BCUT2D eigenvalue weighted by Crippen LogP contribution is -2.29. The van der Waals surface area contributed by atoms with Crippen molar-refractivity contribution in [2.24, 2.45) is 0 Å². The molecule has 1 amide bonds. The Labute approximate surface area is 171 Å². The molecule has 3 nitrogen and oxygen atoms in total. The summed E-state index contributed by atoms with van der Waals surface area (Å²) in [6.45, 7) is 10.8. The maximum Gasteiger partial charge on any atom is 0.219 e. The van der Waals surface area contributed by atoms with Crippen molar-refractivity contribution in [2.45, 2.75) is 124 Å². The molecule has 162 valence electrons. The van der Waals surface area contributed by atoms with E-state index in [0.717, 1.165) is 39.0 Å². The van der Waals surface area contributed by atoms with Crippen molar-refractivity contribution in [3.05, 3.63) is 0 Å². The van der Waals surface area contributed by atoms with Gasteiger partial charge in [-0.1, -0.05) is 104 Å². The first kappa shape index (κ1) is 26.4. The van der Waals surface area contributed by atoms with E-state index < -0.39 is 0 Å². The van der Waals surface area contributed by atoms with Gasteiger partial charge >= 0.3 is 0 Å². The van der Waals surface area contributed by atoms with E-state index in [1.165, 1.54) is 83.5 Å². The van der Waals surface area contributed by atoms with Crippen LogP contribution in [0, 0.1) is 0 Å². The summed E-state index contributed by atoms with van der Waals surface area (Å²) in [5.74, 6) is 0.244. The maximum absolute atomic E-state index is 11.8. The van der Waals surface area contributed by atoms with Crippen molar-refractivity contribution < 1.29 is 4.79 Å². The minimum Gasteiger partial charge on any atom is -0.356 e. The second kappa shape index (κ2) is 21.7. The quantitative estimate of drug-likeness (QED) is 0.224. The first-order chi connectivity index (χ1) is 13.2. The molecule has 0 saturated carbocycles. The molecule has 0 aliphatic heterocycles. The molecule has 0 unspecified atom stereocenters. The standard InChI is InChI=1S/C24H50N2O/c1-4-7-8-9-10-11-12-13-14-15-16-17-18-19-21-24(27)25-22-20-23-26(5-2)6-3/h4-23H2,1-3H3,(H,25,27). The number of hydrogen-bond donors (Lipinski definition) is 1. The molecule has 0 spiro atoms. The molecule has 0 atom stereocenters. The van der Waals surface area contributed by atoms with Crippen LogP contribution in [0.15, 0.2) is 0 Å². The molecular formula is C24H50N2O. The number of carbonyl (C=O) groups excluding carboxylic acids is 1. The Morgan fingerprint density at radius 3 is 1.52 bits per heavy atom. The number of nitrogens with zero attached hydrogens (tertiary/aromatic N) is 1. The lowest BCUT2D eigenvalue weighted by molar-refractivity contribution is -0.121. The lowest BCUT2D eigenvalue weighted by atomic mass is 10.0. The van der Waals surface area contributed by atoms with E-state index in [-0.39, 0.29) is 5.91 Å². The van der Waals surface area contributed by atoms with E-state index in [1.807, 2.05) is 0 Å². The normalized spacial score (nSPS) is 11.3. The van der Waals surface area contributed by atoms with Gasteiger partial charge in [-0.25, -0.2) is 0 Å². The zero-order valence-electron chi connectivity index (χ0n) is 19.0. The molecule has 0 fully saturated rings. The number of amides is 1. The highest BCUT2D eigenvalue weighted by Crippen LogP contribution is 2.13. The minimum atomic E-state index is 0.244. The smallest absolute Gasteiger partial charge is 0.219 e. The zero-order valence-corrected chi connectivity index (χ0v) is 19.0. The Morgan fingerprint density at radius 2 is 1.07 bits per heavy atom. The van der Waals surface area contributed by atoms with E-state index in [0.29, 0.717) is 6.42 Å². The highest BCUT2D eigenvalue weighted by atomic mass is 16.1. The van der Waals surface area contributed by atoms with Gasteiger partial charge in [0.05, 0.1) is 0 Å². The molecule has 0 aromatic heterocycles. The third-order valence-corrected chi connectivity index (χ3v) is 5.63. The van der Waals surface area contributed by atoms with Gasteiger partial charge in [-0.2, -0.15) is 0 Å². The third kappa shape index (κ3) is 20.0. The molecule has 1 N–H and O–H groups in total. The summed E-state index contributed by atoms with van der Waals surface area (Å²) in [6.07, 6.45) is 20.8. The average molecular weight is 383 g/mol. The van der Waals surface area contributed by atoms with Gasteiger partial charge in [0.15, 0.2) is 0 Å². The maximum atomic E-state index is 11.8. The van der Waals surface area contributed by atoms with Crippen molar-refractivity contribution in [2.75, 3.05) is 26.2 Å². The Balaban J connectivity index is 3.20. The first-order valence-electron chi connectivity index (χ1n) is 12.2. The van der Waals surface area contributed by atoms with Crippen LogP contribution in [-0.2, 0) is 4.79 Å². The van der Waals surface area contributed by atoms with Gasteiger partial charge in [0.25, 0.3) is 0 Å². The van der Waals surface area contributed by atoms with E-state index in [2.05, 4.69) is 31.0 Å². The van der Waals surface area contributed by atoms with Gasteiger partial charge in [0.1, 0.15) is 0 Å². The fraction of sp³-hybridized carbons (Fsp3) is 0.958. The summed E-state index contributed by atoms with van der Waals surface area (Å²) < 4.78 is 0. The Bertz CT molecular complexity index is 303. The molecule has 0 bridgehead atoms. The molecule has 0 saturated heterocycles. The lowest BCUT2D eigenvalue weighted by Gasteiger charge is -2.17. The monoisotopic (exact) mass is 382 g/mol. The van der Waals surface area contributed by atoms with Gasteiger partial charge in [0.2, 0.25) is 5.91 Å². The largest absolute Gasteiger partial charge is 0.356 e. The fourth-order valence-electron chi connectivity index (χ4n) is 3.64. The molecule has 0 aliphatic carbocycles. The predicted octanol–water partition coefficient (Wildman–Crippen LogP) is 6.71. The van der Waals surface area contributed by atoms with Crippen LogP contribution in [0.2, 0.25) is 0 Å². The van der Waals surface area contributed by atoms with Crippen LogP contribution in [0.1, 0.15) is 124 Å². The van der Waals surface area contributed by atoms with Crippen LogP contribution in [-0.4, -0.2) is 37.0 Å². The zero-order chi connectivity index (χ0) is 20.0. The summed E-state index contributed by atoms with van der Waals surface area (Å²) in [7, 11) is 0. The van der Waals surface area contributed by atoms with Gasteiger partial charge in [-0.05, 0) is 32.5 Å². The van der Waals surface area contributed by atoms with Crippen LogP contribution in [0.4, 0.5) is 0 Å². The molecule has 0 aromatic rings. The number of rotatable bonds is 21. The first-order valence-corrected chi connectivity index (χ1v) is 12.2. The number of nitrogens with one attached hydrogen (secondary N) is 1. The second-order valence-electron chi connectivity index (χ2n) is 8.08. The number of unbranched alkanes of at least 4 members (excludes halogenated alkanes) is 13. The molecule has 0 radical (unpaired) electrons. The van der Waals surface area contributed by atoms with Crippen molar-refractivity contribution in [3.8, 4) is 0 Å². The molecule has 0 aliphatic rings. The Morgan fingerprint density at radius 1 is 0.630 bits per heavy atom. The van der Waals surface area contributed by atoms with Gasteiger partial charge in [-0.15, -0.1) is 0 Å². The van der Waals surface area contributed by atoms with Crippen molar-refractivity contribution in [1.82, 2.24) is 10.2 Å². The summed E-state index contributed by atoms with van der Waals surface area (Å²) in [5.41, 5.74) is 0. The van der Waals surface area contributed by atoms with Gasteiger partial charge in [0, 0.05) is 13.0 Å². The van der Waals surface area contributed by atoms with E-state index >= 15 is 0 Å². The molecule has 0 heterocycles. The van der Waals surface area contributed by atoms with Crippen LogP contribution >= 0.6 is 0 Å². The highest BCUT2D eigenvalue weighted by molar-refractivity contribution is 5.75. The number of carbonyl (C=O) groups is 1. The summed E-state index contributed by atoms with van der Waals surface area (Å²) >= 11 is 0. The van der Waals surface area contributed by atoms with Crippen LogP contribution < -0.4 is 5.32 Å². The molecule has 0 aromatic carbocycles. The third-order valence-electron chi connectivity index (χ3n) is 5.63. The molecule has 0 rings (SSSR count). The van der Waals surface area contributed by atoms with Crippen LogP contribution in [0.5, 0.6) is 0 Å². The number of hydrogen-bond acceptors (Lipinski definition) is 2. The Kier molecular flexibility index (Phi) is 21.3. The summed E-state index contributed by atoms with van der Waals surface area (Å²) in [5, 5.41) is 3.07. The average Bonchev–Trinajstić information content (AvgIpc) is 2.68.